The van der Waals surface area contributed by atoms with Gasteiger partial charge in [0.05, 0.1) is 23.6 Å². The summed E-state index contributed by atoms with van der Waals surface area (Å²) in [6.45, 7) is 6.56. The molecule has 1 aromatic heterocycles. The van der Waals surface area contributed by atoms with Crippen molar-refractivity contribution in [1.82, 2.24) is 4.98 Å². The first kappa shape index (κ1) is 20.9. The van der Waals surface area contributed by atoms with E-state index in [0.29, 0.717) is 28.6 Å². The van der Waals surface area contributed by atoms with Crippen LogP contribution in [-0.2, 0) is 5.41 Å². The molecule has 1 unspecified atom stereocenters. The molecule has 1 aliphatic heterocycles. The summed E-state index contributed by atoms with van der Waals surface area (Å²) in [6, 6.07) is 16.2. The van der Waals surface area contributed by atoms with E-state index >= 15 is 0 Å². The van der Waals surface area contributed by atoms with Crippen LogP contribution < -0.4 is 20.9 Å². The van der Waals surface area contributed by atoms with Crippen molar-refractivity contribution in [1.29, 1.82) is 5.26 Å². The second-order valence-electron chi connectivity index (χ2n) is 8.39. The summed E-state index contributed by atoms with van der Waals surface area (Å²) in [5.41, 5.74) is 15.7. The standard InChI is InChI=1S/C24H24N4O2S/c1-24(2,3)13-5-8-15(9-6-13)31-21-16-11-14(29-4)7-10-18(16)30-23-19(21)20(26)17(12-25)22(27)28-23/h5-11,21H,1-4H3,(H4,26,27,28). The molecule has 0 aliphatic carbocycles. The summed E-state index contributed by atoms with van der Waals surface area (Å²) in [7, 11) is 1.62. The monoisotopic (exact) mass is 432 g/mol. The number of methoxy groups -OCH3 is 1. The number of aromatic nitrogens is 1. The minimum Gasteiger partial charge on any atom is -0.497 e. The van der Waals surface area contributed by atoms with E-state index in [-0.39, 0.29) is 22.0 Å². The van der Waals surface area contributed by atoms with E-state index < -0.39 is 0 Å². The van der Waals surface area contributed by atoms with Crippen LogP contribution in [0.3, 0.4) is 0 Å². The number of nitrogen functional groups attached to an aromatic ring is 2. The fourth-order valence-electron chi connectivity index (χ4n) is 3.57. The Morgan fingerprint density at radius 2 is 1.84 bits per heavy atom. The summed E-state index contributed by atoms with van der Waals surface area (Å²) < 4.78 is 11.5. The predicted octanol–water partition coefficient (Wildman–Crippen LogP) is 5.41. The first-order valence-corrected chi connectivity index (χ1v) is 10.7. The smallest absolute Gasteiger partial charge is 0.228 e. The molecule has 0 saturated heterocycles. The fourth-order valence-corrected chi connectivity index (χ4v) is 4.79. The molecule has 31 heavy (non-hydrogen) atoms. The van der Waals surface area contributed by atoms with E-state index in [1.807, 2.05) is 18.2 Å². The molecule has 0 saturated carbocycles. The fraction of sp³-hybridized carbons (Fsp3) is 0.250. The number of hydrogen-bond acceptors (Lipinski definition) is 7. The van der Waals surface area contributed by atoms with Crippen LogP contribution >= 0.6 is 11.8 Å². The Hall–Kier alpha value is -3.37. The van der Waals surface area contributed by atoms with Crippen LogP contribution in [0, 0.1) is 11.3 Å². The molecule has 2 heterocycles. The molecular weight excluding hydrogens is 408 g/mol. The molecule has 0 radical (unpaired) electrons. The summed E-state index contributed by atoms with van der Waals surface area (Å²) in [4.78, 5) is 5.40. The Bertz CT molecular complexity index is 1190. The molecule has 7 heteroatoms. The molecule has 4 N–H and O–H groups in total. The maximum absolute atomic E-state index is 9.54. The lowest BCUT2D eigenvalue weighted by Gasteiger charge is -2.29. The van der Waals surface area contributed by atoms with Gasteiger partial charge in [0, 0.05) is 10.5 Å². The minimum absolute atomic E-state index is 0.0639. The van der Waals surface area contributed by atoms with Gasteiger partial charge in [0.2, 0.25) is 5.88 Å². The highest BCUT2D eigenvalue weighted by atomic mass is 32.2. The van der Waals surface area contributed by atoms with E-state index in [1.54, 1.807) is 18.9 Å². The number of fused-ring (bicyclic) bond motifs is 2. The molecule has 1 aliphatic rings. The number of rotatable bonds is 3. The van der Waals surface area contributed by atoms with Gasteiger partial charge in [-0.05, 0) is 41.3 Å². The Labute approximate surface area is 186 Å². The van der Waals surface area contributed by atoms with Crippen LogP contribution in [-0.4, -0.2) is 12.1 Å². The van der Waals surface area contributed by atoms with E-state index in [9.17, 15) is 5.26 Å². The normalized spacial score (nSPS) is 14.7. The van der Waals surface area contributed by atoms with Gasteiger partial charge in [0.1, 0.15) is 28.9 Å². The van der Waals surface area contributed by atoms with Crippen molar-refractivity contribution < 1.29 is 9.47 Å². The molecule has 158 valence electrons. The molecule has 3 aromatic rings. The average molecular weight is 433 g/mol. The van der Waals surface area contributed by atoms with Crippen molar-refractivity contribution in [3.05, 3.63) is 64.7 Å². The Kier molecular flexibility index (Phi) is 5.19. The van der Waals surface area contributed by atoms with Crippen LogP contribution in [0.4, 0.5) is 11.5 Å². The molecule has 0 amide bonds. The van der Waals surface area contributed by atoms with Gasteiger partial charge in [-0.3, -0.25) is 0 Å². The number of nitrogens with zero attached hydrogens (tertiary/aromatic N) is 2. The topological polar surface area (TPSA) is 107 Å². The molecule has 6 nitrogen and oxygen atoms in total. The SMILES string of the molecule is COc1ccc2c(c1)C(Sc1ccc(C(C)(C)C)cc1)c1c(nc(N)c(C#N)c1N)O2. The van der Waals surface area contributed by atoms with Crippen LogP contribution in [0.15, 0.2) is 47.4 Å². The lowest BCUT2D eigenvalue weighted by molar-refractivity contribution is 0.408. The molecular formula is C24H24N4O2S. The lowest BCUT2D eigenvalue weighted by Crippen LogP contribution is -2.15. The Morgan fingerprint density at radius 1 is 1.13 bits per heavy atom. The first-order chi connectivity index (χ1) is 14.7. The molecule has 0 spiro atoms. The summed E-state index contributed by atoms with van der Waals surface area (Å²) in [5.74, 6) is 1.76. The number of thioether (sulfide) groups is 1. The van der Waals surface area contributed by atoms with Gasteiger partial charge in [0.25, 0.3) is 0 Å². The maximum atomic E-state index is 9.54. The summed E-state index contributed by atoms with van der Waals surface area (Å²) in [5, 5.41) is 9.30. The largest absolute Gasteiger partial charge is 0.497 e. The Morgan fingerprint density at radius 3 is 2.45 bits per heavy atom. The number of anilines is 2. The molecule has 2 aromatic carbocycles. The van der Waals surface area contributed by atoms with E-state index in [2.05, 4.69) is 56.1 Å². The van der Waals surface area contributed by atoms with Gasteiger partial charge >= 0.3 is 0 Å². The predicted molar refractivity (Wildman–Crippen MR) is 124 cm³/mol. The van der Waals surface area contributed by atoms with Crippen LogP contribution in [0.5, 0.6) is 17.4 Å². The van der Waals surface area contributed by atoms with Crippen molar-refractivity contribution in [3.8, 4) is 23.4 Å². The van der Waals surface area contributed by atoms with Gasteiger partial charge < -0.3 is 20.9 Å². The Balaban J connectivity index is 1.85. The average Bonchev–Trinajstić information content (AvgIpc) is 2.73. The first-order valence-electron chi connectivity index (χ1n) is 9.85. The van der Waals surface area contributed by atoms with Crippen LogP contribution in [0.1, 0.15) is 48.3 Å². The zero-order valence-corrected chi connectivity index (χ0v) is 18.7. The number of pyridine rings is 1. The maximum Gasteiger partial charge on any atom is 0.228 e. The van der Waals surface area contributed by atoms with Crippen molar-refractivity contribution in [2.24, 2.45) is 0 Å². The highest BCUT2D eigenvalue weighted by Gasteiger charge is 2.34. The number of nitriles is 1. The van der Waals surface area contributed by atoms with Crippen LogP contribution in [0.2, 0.25) is 0 Å². The van der Waals surface area contributed by atoms with Gasteiger partial charge in [-0.25, -0.2) is 0 Å². The zero-order chi connectivity index (χ0) is 22.3. The molecule has 0 bridgehead atoms. The number of benzene rings is 2. The van der Waals surface area contributed by atoms with E-state index in [0.717, 1.165) is 10.5 Å². The van der Waals surface area contributed by atoms with Gasteiger partial charge in [-0.2, -0.15) is 10.2 Å². The number of nitrogens with two attached hydrogens (primary N) is 2. The molecule has 0 fully saturated rings. The van der Waals surface area contributed by atoms with Crippen molar-refractivity contribution in [2.45, 2.75) is 36.3 Å². The lowest BCUT2D eigenvalue weighted by atomic mass is 9.87. The zero-order valence-electron chi connectivity index (χ0n) is 17.9. The third kappa shape index (κ3) is 3.75. The van der Waals surface area contributed by atoms with Crippen molar-refractivity contribution in [2.75, 3.05) is 18.6 Å². The minimum atomic E-state index is -0.241. The van der Waals surface area contributed by atoms with E-state index in [1.165, 1.54) is 5.56 Å². The van der Waals surface area contributed by atoms with Crippen molar-refractivity contribution in [3.63, 3.8) is 0 Å². The molecule has 4 rings (SSSR count). The quantitative estimate of drug-likeness (QED) is 0.569. The third-order valence-corrected chi connectivity index (χ3v) is 6.59. The van der Waals surface area contributed by atoms with Crippen LogP contribution in [0.25, 0.3) is 0 Å². The highest BCUT2D eigenvalue weighted by molar-refractivity contribution is 7.99. The van der Waals surface area contributed by atoms with Gasteiger partial charge in [-0.15, -0.1) is 11.8 Å². The van der Waals surface area contributed by atoms with Crippen molar-refractivity contribution >= 4 is 23.3 Å². The molecule has 1 atom stereocenters. The number of hydrogen-bond donors (Lipinski definition) is 2. The second kappa shape index (κ2) is 7.71. The summed E-state index contributed by atoms with van der Waals surface area (Å²) in [6.07, 6.45) is 0. The highest BCUT2D eigenvalue weighted by Crippen LogP contribution is 2.54. The van der Waals surface area contributed by atoms with Gasteiger partial charge in [-0.1, -0.05) is 32.9 Å². The number of ether oxygens (including phenoxy) is 2. The van der Waals surface area contributed by atoms with E-state index in [4.69, 9.17) is 20.9 Å². The second-order valence-corrected chi connectivity index (χ2v) is 9.57. The van der Waals surface area contributed by atoms with Gasteiger partial charge in [0.15, 0.2) is 0 Å². The third-order valence-electron chi connectivity index (χ3n) is 5.32. The summed E-state index contributed by atoms with van der Waals surface area (Å²) >= 11 is 1.62.